The maximum absolute atomic E-state index is 13.4. The average Bonchev–Trinajstić information content (AvgIpc) is 3.27. The van der Waals surface area contributed by atoms with Crippen molar-refractivity contribution in [3.8, 4) is 0 Å². The van der Waals surface area contributed by atoms with Crippen LogP contribution in [-0.4, -0.2) is 55.6 Å². The van der Waals surface area contributed by atoms with Crippen molar-refractivity contribution in [2.24, 2.45) is 0 Å². The fourth-order valence-electron chi connectivity index (χ4n) is 3.63. The van der Waals surface area contributed by atoms with Gasteiger partial charge in [0.15, 0.2) is 0 Å². The molecule has 0 aliphatic carbocycles. The standard InChI is InChI=1S/C22H29N3O4S2/c1-3-11-23-20(26)16-24(12-4-2)22(27)21-19(10-14-30-21)31(28,29)25-13-9-17-7-5-6-8-18(17)15-25/h5-8,10,14H,3-4,9,11-13,15-16H2,1-2H3,(H,23,26). The Balaban J connectivity index is 1.83. The molecule has 0 spiro atoms. The molecule has 2 aromatic rings. The summed E-state index contributed by atoms with van der Waals surface area (Å²) >= 11 is 1.10. The van der Waals surface area contributed by atoms with E-state index in [4.69, 9.17) is 0 Å². The van der Waals surface area contributed by atoms with Crippen LogP contribution < -0.4 is 5.32 Å². The number of hydrogen-bond donors (Lipinski definition) is 1. The molecule has 2 heterocycles. The molecule has 1 aliphatic rings. The van der Waals surface area contributed by atoms with E-state index in [1.165, 1.54) is 15.3 Å². The van der Waals surface area contributed by atoms with Crippen molar-refractivity contribution in [1.82, 2.24) is 14.5 Å². The largest absolute Gasteiger partial charge is 0.355 e. The minimum Gasteiger partial charge on any atom is -0.355 e. The fraction of sp³-hybridized carbons (Fsp3) is 0.455. The highest BCUT2D eigenvalue weighted by atomic mass is 32.2. The number of nitrogens with one attached hydrogen (secondary N) is 1. The third-order valence-corrected chi connectivity index (χ3v) is 8.14. The summed E-state index contributed by atoms with van der Waals surface area (Å²) in [7, 11) is -3.83. The third-order valence-electron chi connectivity index (χ3n) is 5.22. The molecule has 1 N–H and O–H groups in total. The minimum absolute atomic E-state index is 0.0250. The van der Waals surface area contributed by atoms with Crippen molar-refractivity contribution in [3.63, 3.8) is 0 Å². The zero-order valence-corrected chi connectivity index (χ0v) is 19.6. The predicted octanol–water partition coefficient (Wildman–Crippen LogP) is 2.87. The first-order valence-corrected chi connectivity index (χ1v) is 12.9. The number of benzene rings is 1. The van der Waals surface area contributed by atoms with Crippen LogP contribution in [0.4, 0.5) is 0 Å². The van der Waals surface area contributed by atoms with Crippen LogP contribution in [0.2, 0.25) is 0 Å². The summed E-state index contributed by atoms with van der Waals surface area (Å²) in [5.74, 6) is -0.656. The van der Waals surface area contributed by atoms with Gasteiger partial charge in [-0.1, -0.05) is 38.1 Å². The number of fused-ring (bicyclic) bond motifs is 1. The molecule has 9 heteroatoms. The molecule has 0 radical (unpaired) electrons. The first-order valence-electron chi connectivity index (χ1n) is 10.6. The molecular formula is C22H29N3O4S2. The fourth-order valence-corrected chi connectivity index (χ4v) is 6.41. The molecule has 0 atom stereocenters. The highest BCUT2D eigenvalue weighted by Crippen LogP contribution is 2.30. The topological polar surface area (TPSA) is 86.8 Å². The van der Waals surface area contributed by atoms with E-state index >= 15 is 0 Å². The van der Waals surface area contributed by atoms with E-state index in [0.29, 0.717) is 39.0 Å². The molecule has 1 aromatic heterocycles. The Hall–Kier alpha value is -2.23. The van der Waals surface area contributed by atoms with Crippen molar-refractivity contribution in [1.29, 1.82) is 0 Å². The van der Waals surface area contributed by atoms with Crippen LogP contribution in [0.15, 0.2) is 40.6 Å². The molecule has 0 saturated heterocycles. The molecule has 2 amide bonds. The predicted molar refractivity (Wildman–Crippen MR) is 122 cm³/mol. The van der Waals surface area contributed by atoms with Gasteiger partial charge in [0.1, 0.15) is 9.77 Å². The quantitative estimate of drug-likeness (QED) is 0.620. The average molecular weight is 464 g/mol. The van der Waals surface area contributed by atoms with Crippen molar-refractivity contribution in [2.45, 2.75) is 44.6 Å². The Morgan fingerprint density at radius 2 is 1.87 bits per heavy atom. The van der Waals surface area contributed by atoms with Gasteiger partial charge in [-0.05, 0) is 41.8 Å². The van der Waals surface area contributed by atoms with E-state index in [9.17, 15) is 18.0 Å². The molecule has 1 aliphatic heterocycles. The Morgan fingerprint density at radius 1 is 1.13 bits per heavy atom. The highest BCUT2D eigenvalue weighted by Gasteiger charge is 2.33. The van der Waals surface area contributed by atoms with Crippen molar-refractivity contribution in [2.75, 3.05) is 26.2 Å². The number of carbonyl (C=O) groups is 2. The first-order chi connectivity index (χ1) is 14.9. The summed E-state index contributed by atoms with van der Waals surface area (Å²) in [5.41, 5.74) is 2.14. The zero-order chi connectivity index (χ0) is 22.4. The van der Waals surface area contributed by atoms with Gasteiger partial charge in [-0.2, -0.15) is 4.31 Å². The Labute approximate surface area is 188 Å². The lowest BCUT2D eigenvalue weighted by molar-refractivity contribution is -0.121. The summed E-state index contributed by atoms with van der Waals surface area (Å²) in [4.78, 5) is 27.0. The summed E-state index contributed by atoms with van der Waals surface area (Å²) in [5, 5.41) is 4.40. The zero-order valence-electron chi connectivity index (χ0n) is 18.0. The van der Waals surface area contributed by atoms with E-state index in [0.717, 1.165) is 28.9 Å². The molecule has 0 bridgehead atoms. The second-order valence-corrected chi connectivity index (χ2v) is 10.4. The Kier molecular flexibility index (Phi) is 7.85. The summed E-state index contributed by atoms with van der Waals surface area (Å²) < 4.78 is 28.3. The van der Waals surface area contributed by atoms with Gasteiger partial charge < -0.3 is 10.2 Å². The second-order valence-electron chi connectivity index (χ2n) is 7.55. The van der Waals surface area contributed by atoms with Crippen molar-refractivity contribution < 1.29 is 18.0 Å². The minimum atomic E-state index is -3.83. The smallest absolute Gasteiger partial charge is 0.265 e. The van der Waals surface area contributed by atoms with Crippen LogP contribution in [0.5, 0.6) is 0 Å². The van der Waals surface area contributed by atoms with Crippen molar-refractivity contribution >= 4 is 33.2 Å². The lowest BCUT2D eigenvalue weighted by atomic mass is 10.0. The van der Waals surface area contributed by atoms with Crippen LogP contribution in [-0.2, 0) is 27.8 Å². The molecular weight excluding hydrogens is 434 g/mol. The van der Waals surface area contributed by atoms with Gasteiger partial charge in [0.2, 0.25) is 15.9 Å². The van der Waals surface area contributed by atoms with Gasteiger partial charge >= 0.3 is 0 Å². The first kappa shape index (κ1) is 23.4. The number of carbonyl (C=O) groups excluding carboxylic acids is 2. The number of amides is 2. The molecule has 0 saturated carbocycles. The summed E-state index contributed by atoms with van der Waals surface area (Å²) in [6, 6.07) is 9.31. The maximum Gasteiger partial charge on any atom is 0.265 e. The number of sulfonamides is 1. The van der Waals surface area contributed by atoms with Crippen LogP contribution in [0, 0.1) is 0 Å². The Bertz CT molecular complexity index is 1030. The number of hydrogen-bond acceptors (Lipinski definition) is 5. The van der Waals surface area contributed by atoms with Crippen LogP contribution >= 0.6 is 11.3 Å². The lowest BCUT2D eigenvalue weighted by Crippen LogP contribution is -2.42. The lowest BCUT2D eigenvalue weighted by Gasteiger charge is -2.28. The molecule has 0 fully saturated rings. The number of nitrogens with zero attached hydrogens (tertiary/aromatic N) is 2. The van der Waals surface area contributed by atoms with E-state index in [1.807, 2.05) is 38.1 Å². The van der Waals surface area contributed by atoms with Crippen LogP contribution in [0.25, 0.3) is 0 Å². The van der Waals surface area contributed by atoms with Gasteiger partial charge in [-0.25, -0.2) is 8.42 Å². The van der Waals surface area contributed by atoms with E-state index in [2.05, 4.69) is 5.32 Å². The van der Waals surface area contributed by atoms with Gasteiger partial charge in [-0.15, -0.1) is 11.3 Å². The molecule has 0 unspecified atom stereocenters. The Morgan fingerprint density at radius 3 is 2.58 bits per heavy atom. The maximum atomic E-state index is 13.4. The molecule has 7 nitrogen and oxygen atoms in total. The number of rotatable bonds is 9. The highest BCUT2D eigenvalue weighted by molar-refractivity contribution is 7.89. The number of thiophene rings is 1. The molecule has 3 rings (SSSR count). The van der Waals surface area contributed by atoms with Crippen LogP contribution in [0.1, 0.15) is 47.5 Å². The second kappa shape index (κ2) is 10.4. The molecule has 168 valence electrons. The van der Waals surface area contributed by atoms with E-state index in [-0.39, 0.29) is 22.2 Å². The summed E-state index contributed by atoms with van der Waals surface area (Å²) in [6.45, 7) is 5.38. The van der Waals surface area contributed by atoms with Gasteiger partial charge in [0.05, 0.1) is 6.54 Å². The summed E-state index contributed by atoms with van der Waals surface area (Å²) in [6.07, 6.45) is 2.12. The van der Waals surface area contributed by atoms with Crippen LogP contribution in [0.3, 0.4) is 0 Å². The third kappa shape index (κ3) is 5.34. The van der Waals surface area contributed by atoms with E-state index in [1.54, 1.807) is 5.38 Å². The molecule has 1 aromatic carbocycles. The van der Waals surface area contributed by atoms with Gasteiger partial charge in [-0.3, -0.25) is 9.59 Å². The van der Waals surface area contributed by atoms with Gasteiger partial charge in [0.25, 0.3) is 5.91 Å². The monoisotopic (exact) mass is 463 g/mol. The van der Waals surface area contributed by atoms with E-state index < -0.39 is 15.9 Å². The van der Waals surface area contributed by atoms with Gasteiger partial charge in [0, 0.05) is 26.2 Å². The molecule has 31 heavy (non-hydrogen) atoms. The SMILES string of the molecule is CCCNC(=O)CN(CCC)C(=O)c1sccc1S(=O)(=O)N1CCc2ccccc2C1. The normalized spacial score (nSPS) is 14.1. The van der Waals surface area contributed by atoms with Crippen molar-refractivity contribution in [3.05, 3.63) is 51.7 Å².